The van der Waals surface area contributed by atoms with E-state index < -0.39 is 17.9 Å². The van der Waals surface area contributed by atoms with E-state index in [1.807, 2.05) is 6.92 Å². The van der Waals surface area contributed by atoms with Crippen molar-refractivity contribution in [2.24, 2.45) is 0 Å². The summed E-state index contributed by atoms with van der Waals surface area (Å²) in [5.41, 5.74) is 5.32. The van der Waals surface area contributed by atoms with Crippen LogP contribution in [0.3, 0.4) is 0 Å². The number of ether oxygens (including phenoxy) is 2. The van der Waals surface area contributed by atoms with Crippen molar-refractivity contribution in [3.63, 3.8) is 0 Å². The Hall–Kier alpha value is -3.55. The Kier molecular flexibility index (Phi) is 7.38. The minimum absolute atomic E-state index is 0.279. The number of amides is 3. The smallest absolute Gasteiger partial charge is 0.269 e. The highest BCUT2D eigenvalue weighted by atomic mass is 16.5. The predicted octanol–water partition coefficient (Wildman–Crippen LogP) is 1.67. The number of hydrogen-bond acceptors (Lipinski definition) is 5. The zero-order valence-electron chi connectivity index (χ0n) is 15.9. The molecule has 0 aliphatic rings. The lowest BCUT2D eigenvalue weighted by Crippen LogP contribution is -2.51. The average molecular weight is 385 g/mol. The number of rotatable bonds is 7. The minimum atomic E-state index is -0.845. The van der Waals surface area contributed by atoms with Gasteiger partial charge >= 0.3 is 0 Å². The predicted molar refractivity (Wildman–Crippen MR) is 103 cm³/mol. The maximum absolute atomic E-state index is 12.2. The molecular formula is C20H23N3O5. The van der Waals surface area contributed by atoms with Gasteiger partial charge in [-0.1, -0.05) is 18.2 Å². The van der Waals surface area contributed by atoms with E-state index in [0.29, 0.717) is 23.7 Å². The summed E-state index contributed by atoms with van der Waals surface area (Å²) in [6.45, 7) is 3.82. The quantitative estimate of drug-likeness (QED) is 0.629. The molecule has 2 rings (SSSR count). The van der Waals surface area contributed by atoms with E-state index in [4.69, 9.17) is 9.47 Å². The molecule has 1 atom stereocenters. The van der Waals surface area contributed by atoms with Crippen LogP contribution in [0.15, 0.2) is 48.5 Å². The lowest BCUT2D eigenvalue weighted by Gasteiger charge is -2.15. The molecule has 3 amide bonds. The maximum atomic E-state index is 12.2. The van der Waals surface area contributed by atoms with Gasteiger partial charge < -0.3 is 14.8 Å². The van der Waals surface area contributed by atoms with E-state index >= 15 is 0 Å². The number of nitrogens with one attached hydrogen (secondary N) is 3. The molecule has 0 radical (unpaired) electrons. The molecule has 0 bridgehead atoms. The third kappa shape index (κ3) is 5.47. The number of methoxy groups -OCH3 is 1. The van der Waals surface area contributed by atoms with Gasteiger partial charge in [0.15, 0.2) is 11.5 Å². The summed E-state index contributed by atoms with van der Waals surface area (Å²) in [6.07, 6.45) is 0. The molecule has 2 aromatic rings. The Bertz CT molecular complexity index is 839. The second-order valence-electron chi connectivity index (χ2n) is 5.80. The molecule has 148 valence electrons. The number of benzene rings is 2. The van der Waals surface area contributed by atoms with Gasteiger partial charge in [0.25, 0.3) is 17.7 Å². The Morgan fingerprint density at radius 2 is 1.64 bits per heavy atom. The monoisotopic (exact) mass is 385 g/mol. The second-order valence-corrected chi connectivity index (χ2v) is 5.80. The fourth-order valence-electron chi connectivity index (χ4n) is 2.32. The number of carbonyl (C=O) groups excluding carboxylic acids is 3. The highest BCUT2D eigenvalue weighted by Gasteiger charge is 2.18. The van der Waals surface area contributed by atoms with Crippen molar-refractivity contribution in [1.29, 1.82) is 0 Å². The normalized spacial score (nSPS) is 11.1. The Balaban J connectivity index is 1.91. The zero-order chi connectivity index (χ0) is 20.5. The van der Waals surface area contributed by atoms with Crippen LogP contribution >= 0.6 is 0 Å². The Morgan fingerprint density at radius 3 is 2.29 bits per heavy atom. The molecule has 0 aliphatic heterocycles. The SMILES string of the molecule is CCOc1ccc(C(=O)NNC(=O)[C@H](C)NC(=O)c2ccccc2)cc1OC. The van der Waals surface area contributed by atoms with Crippen LogP contribution in [0, 0.1) is 0 Å². The van der Waals surface area contributed by atoms with Gasteiger partial charge in [-0.15, -0.1) is 0 Å². The highest BCUT2D eigenvalue weighted by Crippen LogP contribution is 2.27. The Morgan fingerprint density at radius 1 is 0.929 bits per heavy atom. The molecule has 3 N–H and O–H groups in total. The van der Waals surface area contributed by atoms with E-state index in [2.05, 4.69) is 16.2 Å². The van der Waals surface area contributed by atoms with Crippen molar-refractivity contribution in [2.75, 3.05) is 13.7 Å². The van der Waals surface area contributed by atoms with E-state index in [1.54, 1.807) is 42.5 Å². The third-order valence-corrected chi connectivity index (χ3v) is 3.80. The van der Waals surface area contributed by atoms with Gasteiger partial charge in [0.1, 0.15) is 6.04 Å². The van der Waals surface area contributed by atoms with Gasteiger partial charge in [-0.25, -0.2) is 0 Å². The van der Waals surface area contributed by atoms with Crippen LogP contribution in [0.25, 0.3) is 0 Å². The summed E-state index contributed by atoms with van der Waals surface area (Å²) >= 11 is 0. The molecule has 0 aliphatic carbocycles. The van der Waals surface area contributed by atoms with Crippen molar-refractivity contribution in [1.82, 2.24) is 16.2 Å². The van der Waals surface area contributed by atoms with E-state index in [-0.39, 0.29) is 11.5 Å². The van der Waals surface area contributed by atoms with E-state index in [9.17, 15) is 14.4 Å². The van der Waals surface area contributed by atoms with Gasteiger partial charge in [0.05, 0.1) is 13.7 Å². The highest BCUT2D eigenvalue weighted by molar-refractivity contribution is 5.99. The topological polar surface area (TPSA) is 106 Å². The van der Waals surface area contributed by atoms with Gasteiger partial charge in [0, 0.05) is 11.1 Å². The van der Waals surface area contributed by atoms with Gasteiger partial charge in [-0.2, -0.15) is 0 Å². The molecule has 0 saturated heterocycles. The summed E-state index contributed by atoms with van der Waals surface area (Å²) in [6, 6.07) is 12.4. The summed E-state index contributed by atoms with van der Waals surface area (Å²) in [5.74, 6) is -0.551. The molecule has 0 unspecified atom stereocenters. The van der Waals surface area contributed by atoms with Crippen LogP contribution in [0.2, 0.25) is 0 Å². The molecule has 0 fully saturated rings. The standard InChI is InChI=1S/C20H23N3O5/c1-4-28-16-11-10-15(12-17(16)27-3)20(26)23-22-18(24)13(2)21-19(25)14-8-6-5-7-9-14/h5-13H,4H2,1-3H3,(H,21,25)(H,22,24)(H,23,26)/t13-/m0/s1. The van der Waals surface area contributed by atoms with Crippen molar-refractivity contribution in [2.45, 2.75) is 19.9 Å². The van der Waals surface area contributed by atoms with Gasteiger partial charge in [-0.3, -0.25) is 25.2 Å². The van der Waals surface area contributed by atoms with Gasteiger partial charge in [-0.05, 0) is 44.2 Å². The summed E-state index contributed by atoms with van der Waals surface area (Å²) in [5, 5.41) is 2.56. The lowest BCUT2D eigenvalue weighted by atomic mass is 10.2. The average Bonchev–Trinajstić information content (AvgIpc) is 2.72. The van der Waals surface area contributed by atoms with Crippen molar-refractivity contribution in [3.8, 4) is 11.5 Å². The summed E-state index contributed by atoms with van der Waals surface area (Å²) in [4.78, 5) is 36.4. The molecule has 2 aromatic carbocycles. The van der Waals surface area contributed by atoms with Crippen molar-refractivity contribution in [3.05, 3.63) is 59.7 Å². The first kappa shape index (κ1) is 20.8. The molecular weight excluding hydrogens is 362 g/mol. The van der Waals surface area contributed by atoms with Crippen LogP contribution in [-0.4, -0.2) is 37.5 Å². The Labute approximate surface area is 163 Å². The molecule has 0 spiro atoms. The van der Waals surface area contributed by atoms with E-state index in [1.165, 1.54) is 20.1 Å². The minimum Gasteiger partial charge on any atom is -0.493 e. The fraction of sp³-hybridized carbons (Fsp3) is 0.250. The van der Waals surface area contributed by atoms with Crippen molar-refractivity contribution >= 4 is 17.7 Å². The lowest BCUT2D eigenvalue weighted by molar-refractivity contribution is -0.123. The molecule has 28 heavy (non-hydrogen) atoms. The third-order valence-electron chi connectivity index (χ3n) is 3.80. The molecule has 0 saturated carbocycles. The van der Waals surface area contributed by atoms with E-state index in [0.717, 1.165) is 0 Å². The van der Waals surface area contributed by atoms with Crippen LogP contribution in [0.4, 0.5) is 0 Å². The van der Waals surface area contributed by atoms with Crippen molar-refractivity contribution < 1.29 is 23.9 Å². The molecule has 8 nitrogen and oxygen atoms in total. The maximum Gasteiger partial charge on any atom is 0.269 e. The first-order valence-corrected chi connectivity index (χ1v) is 8.73. The van der Waals surface area contributed by atoms with Gasteiger partial charge in [0.2, 0.25) is 0 Å². The van der Waals surface area contributed by atoms with Crippen LogP contribution in [-0.2, 0) is 4.79 Å². The molecule has 0 heterocycles. The largest absolute Gasteiger partial charge is 0.493 e. The second kappa shape index (κ2) is 9.96. The zero-order valence-corrected chi connectivity index (χ0v) is 15.9. The summed E-state index contributed by atoms with van der Waals surface area (Å²) in [7, 11) is 1.47. The number of hydrazine groups is 1. The number of hydrogen-bond donors (Lipinski definition) is 3. The van der Waals surface area contributed by atoms with Crippen LogP contribution < -0.4 is 25.6 Å². The van der Waals surface area contributed by atoms with Crippen LogP contribution in [0.5, 0.6) is 11.5 Å². The number of carbonyl (C=O) groups is 3. The first-order valence-electron chi connectivity index (χ1n) is 8.73. The fourth-order valence-corrected chi connectivity index (χ4v) is 2.32. The summed E-state index contributed by atoms with van der Waals surface area (Å²) < 4.78 is 10.6. The van der Waals surface area contributed by atoms with Crippen LogP contribution in [0.1, 0.15) is 34.6 Å². The molecule has 0 aromatic heterocycles. The molecule has 8 heteroatoms. The first-order chi connectivity index (χ1) is 13.5.